The molecule has 3 N–H and O–H groups in total. The second kappa shape index (κ2) is 6.56. The Morgan fingerprint density at radius 2 is 2.11 bits per heavy atom. The maximum absolute atomic E-state index is 13.5. The number of nitrogens with two attached hydrogens (primary N) is 1. The van der Waals surface area contributed by atoms with E-state index in [4.69, 9.17) is 5.73 Å². The van der Waals surface area contributed by atoms with Crippen LogP contribution in [0.25, 0.3) is 0 Å². The third kappa shape index (κ3) is 4.34. The molecule has 0 amide bonds. The highest BCUT2D eigenvalue weighted by Gasteiger charge is 2.22. The molecule has 0 aliphatic carbocycles. The molecule has 0 aliphatic heterocycles. The third-order valence-electron chi connectivity index (χ3n) is 2.41. The average molecular weight is 308 g/mol. The lowest BCUT2D eigenvalue weighted by Crippen LogP contribution is -2.36. The van der Waals surface area contributed by atoms with Crippen molar-refractivity contribution >= 4 is 20.8 Å². The van der Waals surface area contributed by atoms with Gasteiger partial charge in [-0.05, 0) is 19.1 Å². The van der Waals surface area contributed by atoms with Gasteiger partial charge in [-0.3, -0.25) is 4.21 Å². The van der Waals surface area contributed by atoms with Gasteiger partial charge in [0.15, 0.2) is 0 Å². The molecule has 8 heteroatoms. The van der Waals surface area contributed by atoms with Crippen LogP contribution in [0.3, 0.4) is 0 Å². The molecule has 2 unspecified atom stereocenters. The lowest BCUT2D eigenvalue weighted by atomic mass is 10.2. The van der Waals surface area contributed by atoms with Gasteiger partial charge in [0.05, 0.1) is 4.90 Å². The smallest absolute Gasteiger partial charge is 0.241 e. The Hall–Kier alpha value is -0.830. The van der Waals surface area contributed by atoms with Crippen LogP contribution in [0, 0.1) is 5.82 Å². The quantitative estimate of drug-likeness (QED) is 0.792. The maximum Gasteiger partial charge on any atom is 0.241 e. The first-order valence-corrected chi connectivity index (χ1v) is 8.78. The van der Waals surface area contributed by atoms with Crippen LogP contribution in [-0.2, 0) is 27.4 Å². The molecule has 0 saturated carbocycles. The zero-order chi connectivity index (χ0) is 14.6. The van der Waals surface area contributed by atoms with Crippen LogP contribution in [-0.4, -0.2) is 30.7 Å². The maximum atomic E-state index is 13.5. The van der Waals surface area contributed by atoms with Crippen molar-refractivity contribution in [2.45, 2.75) is 24.4 Å². The normalized spacial score (nSPS) is 15.2. The van der Waals surface area contributed by atoms with Gasteiger partial charge in [0.2, 0.25) is 10.0 Å². The van der Waals surface area contributed by atoms with Crippen LogP contribution in [0.15, 0.2) is 23.1 Å². The molecule has 0 fully saturated rings. The van der Waals surface area contributed by atoms with Crippen LogP contribution in [0.1, 0.15) is 12.5 Å². The second-order valence-electron chi connectivity index (χ2n) is 4.18. The summed E-state index contributed by atoms with van der Waals surface area (Å²) in [5, 5.41) is 0. The number of rotatable bonds is 6. The highest BCUT2D eigenvalue weighted by Crippen LogP contribution is 2.18. The van der Waals surface area contributed by atoms with E-state index < -0.39 is 32.7 Å². The van der Waals surface area contributed by atoms with Crippen molar-refractivity contribution in [1.29, 1.82) is 0 Å². The number of hydrogen-bond acceptors (Lipinski definition) is 4. The number of nitrogens with one attached hydrogen (secondary N) is 1. The van der Waals surface area contributed by atoms with E-state index in [1.54, 1.807) is 6.92 Å². The van der Waals surface area contributed by atoms with Crippen LogP contribution < -0.4 is 10.5 Å². The molecule has 1 rings (SSSR count). The predicted molar refractivity (Wildman–Crippen MR) is 73.0 cm³/mol. The lowest BCUT2D eigenvalue weighted by Gasteiger charge is -2.15. The van der Waals surface area contributed by atoms with E-state index in [9.17, 15) is 17.0 Å². The zero-order valence-corrected chi connectivity index (χ0v) is 12.4. The van der Waals surface area contributed by atoms with Crippen molar-refractivity contribution < 1.29 is 17.0 Å². The lowest BCUT2D eigenvalue weighted by molar-refractivity contribution is 0.562. The second-order valence-corrected chi connectivity index (χ2v) is 7.34. The van der Waals surface area contributed by atoms with E-state index >= 15 is 0 Å². The predicted octanol–water partition coefficient (Wildman–Crippen LogP) is 0.330. The first-order valence-electron chi connectivity index (χ1n) is 5.57. The minimum absolute atomic E-state index is 0.0557. The minimum Gasteiger partial charge on any atom is -0.326 e. The molecule has 0 radical (unpaired) electrons. The average Bonchev–Trinajstić information content (AvgIpc) is 2.26. The van der Waals surface area contributed by atoms with Crippen molar-refractivity contribution in [3.8, 4) is 0 Å². The van der Waals surface area contributed by atoms with Crippen LogP contribution in [0.5, 0.6) is 0 Å². The van der Waals surface area contributed by atoms with Crippen LogP contribution in [0.4, 0.5) is 4.39 Å². The van der Waals surface area contributed by atoms with E-state index in [-0.39, 0.29) is 22.8 Å². The molecular formula is C11H17FN2O3S2. The number of halogens is 1. The monoisotopic (exact) mass is 308 g/mol. The van der Waals surface area contributed by atoms with Gasteiger partial charge in [-0.25, -0.2) is 17.5 Å². The molecule has 0 heterocycles. The van der Waals surface area contributed by atoms with Gasteiger partial charge < -0.3 is 5.73 Å². The fourth-order valence-electron chi connectivity index (χ4n) is 1.70. The van der Waals surface area contributed by atoms with Crippen LogP contribution >= 0.6 is 0 Å². The number of sulfonamides is 1. The third-order valence-corrected chi connectivity index (χ3v) is 5.05. The van der Waals surface area contributed by atoms with E-state index in [1.165, 1.54) is 18.4 Å². The Kier molecular flexibility index (Phi) is 5.60. The summed E-state index contributed by atoms with van der Waals surface area (Å²) in [6, 6.07) is 3.26. The van der Waals surface area contributed by atoms with Gasteiger partial charge in [0.25, 0.3) is 0 Å². The molecule has 1 aromatic rings. The highest BCUT2D eigenvalue weighted by atomic mass is 32.2. The van der Waals surface area contributed by atoms with E-state index in [0.29, 0.717) is 0 Å². The van der Waals surface area contributed by atoms with E-state index in [0.717, 1.165) is 6.07 Å². The Bertz CT molecular complexity index is 575. The Morgan fingerprint density at radius 3 is 2.63 bits per heavy atom. The first-order chi connectivity index (χ1) is 8.77. The summed E-state index contributed by atoms with van der Waals surface area (Å²) in [5.41, 5.74) is 5.32. The van der Waals surface area contributed by atoms with Gasteiger partial charge in [-0.1, -0.05) is 6.07 Å². The van der Waals surface area contributed by atoms with Crippen molar-refractivity contribution in [3.63, 3.8) is 0 Å². The minimum atomic E-state index is -3.87. The molecule has 2 atom stereocenters. The van der Waals surface area contributed by atoms with Crippen molar-refractivity contribution in [2.75, 3.05) is 12.0 Å². The highest BCUT2D eigenvalue weighted by molar-refractivity contribution is 7.89. The molecule has 5 nitrogen and oxygen atoms in total. The van der Waals surface area contributed by atoms with Crippen molar-refractivity contribution in [2.24, 2.45) is 5.73 Å². The van der Waals surface area contributed by atoms with Crippen molar-refractivity contribution in [1.82, 2.24) is 4.72 Å². The summed E-state index contributed by atoms with van der Waals surface area (Å²) in [6.45, 7) is 1.39. The molecule has 0 aliphatic rings. The molecule has 0 saturated heterocycles. The number of benzene rings is 1. The Morgan fingerprint density at radius 1 is 1.47 bits per heavy atom. The summed E-state index contributed by atoms with van der Waals surface area (Å²) < 4.78 is 51.2. The van der Waals surface area contributed by atoms with Crippen LogP contribution in [0.2, 0.25) is 0 Å². The van der Waals surface area contributed by atoms with E-state index in [2.05, 4.69) is 4.72 Å². The number of hydrogen-bond donors (Lipinski definition) is 2. The molecule has 0 bridgehead atoms. The standard InChI is InChI=1S/C11H17FN2O3S2/c1-8(7-18(2)15)14-19(16,17)11-5-3-4-10(12)9(11)6-13/h3-5,8,14H,6-7,13H2,1-2H3. The molecule has 0 aromatic heterocycles. The molecule has 19 heavy (non-hydrogen) atoms. The summed E-state index contributed by atoms with van der Waals surface area (Å²) in [5.74, 6) is -0.468. The fraction of sp³-hybridized carbons (Fsp3) is 0.455. The molecular weight excluding hydrogens is 291 g/mol. The van der Waals surface area contributed by atoms with Crippen molar-refractivity contribution in [3.05, 3.63) is 29.6 Å². The Balaban J connectivity index is 3.07. The summed E-state index contributed by atoms with van der Waals surface area (Å²) >= 11 is 0. The SMILES string of the molecule is CC(CS(C)=O)NS(=O)(=O)c1cccc(F)c1CN. The molecule has 108 valence electrons. The van der Waals surface area contributed by atoms with Gasteiger partial charge in [0.1, 0.15) is 5.82 Å². The topological polar surface area (TPSA) is 89.3 Å². The summed E-state index contributed by atoms with van der Waals surface area (Å²) in [7, 11) is -5.00. The summed E-state index contributed by atoms with van der Waals surface area (Å²) in [4.78, 5) is -0.177. The fourth-order valence-corrected chi connectivity index (χ4v) is 4.10. The van der Waals surface area contributed by atoms with E-state index in [1.807, 2.05) is 0 Å². The van der Waals surface area contributed by atoms with Gasteiger partial charge in [-0.2, -0.15) is 0 Å². The van der Waals surface area contributed by atoms with Gasteiger partial charge in [0, 0.05) is 41.0 Å². The van der Waals surface area contributed by atoms with Gasteiger partial charge in [-0.15, -0.1) is 0 Å². The molecule has 0 spiro atoms. The molecule has 1 aromatic carbocycles. The largest absolute Gasteiger partial charge is 0.326 e. The van der Waals surface area contributed by atoms with Gasteiger partial charge >= 0.3 is 0 Å². The Labute approximate surface area is 114 Å². The first kappa shape index (κ1) is 16.2. The zero-order valence-electron chi connectivity index (χ0n) is 10.7. The summed E-state index contributed by atoms with van der Waals surface area (Å²) in [6.07, 6.45) is 1.48.